The minimum absolute atomic E-state index is 0.0248. The molecule has 1 amide bonds. The average molecular weight is 537 g/mol. The molecule has 180 valence electrons. The van der Waals surface area contributed by atoms with Crippen LogP contribution in [0.4, 0.5) is 37.0 Å². The van der Waals surface area contributed by atoms with Crippen LogP contribution < -0.4 is 4.90 Å². The predicted octanol–water partition coefficient (Wildman–Crippen LogP) is 5.90. The van der Waals surface area contributed by atoms with Gasteiger partial charge in [-0.15, -0.1) is 0 Å². The number of halogens is 8. The molecule has 0 radical (unpaired) electrons. The fraction of sp³-hybridized carbons (Fsp3) is 0.353. The van der Waals surface area contributed by atoms with Gasteiger partial charge in [-0.1, -0.05) is 23.2 Å². The van der Waals surface area contributed by atoms with Crippen LogP contribution in [0.15, 0.2) is 17.0 Å². The van der Waals surface area contributed by atoms with Crippen molar-refractivity contribution in [2.45, 2.75) is 16.6 Å². The van der Waals surface area contributed by atoms with Crippen LogP contribution in [0.5, 0.6) is 0 Å². The zero-order valence-corrected chi connectivity index (χ0v) is 18.8. The SMILES string of the molecule is COCCOC(=O)N(C)c1c(SC(F)(F)F)c(C#N)nn1-c1c(Cl)cc(C(F)(F)F)cc1Cl. The van der Waals surface area contributed by atoms with Gasteiger partial charge >= 0.3 is 17.8 Å². The number of hydrogen-bond acceptors (Lipinski definition) is 6. The first-order valence-corrected chi connectivity index (χ1v) is 10.0. The minimum atomic E-state index is -4.91. The molecule has 0 spiro atoms. The maximum atomic E-state index is 13.2. The molecule has 1 heterocycles. The van der Waals surface area contributed by atoms with E-state index in [0.717, 1.165) is 7.05 Å². The Morgan fingerprint density at radius 2 is 1.79 bits per heavy atom. The number of alkyl halides is 6. The lowest BCUT2D eigenvalue weighted by Crippen LogP contribution is -2.30. The summed E-state index contributed by atoms with van der Waals surface area (Å²) < 4.78 is 88.9. The second kappa shape index (κ2) is 10.3. The number of benzene rings is 1. The Morgan fingerprint density at radius 1 is 1.21 bits per heavy atom. The first-order valence-electron chi connectivity index (χ1n) is 8.46. The number of aromatic nitrogens is 2. The largest absolute Gasteiger partial charge is 0.447 e. The number of anilines is 1. The van der Waals surface area contributed by atoms with Crippen molar-refractivity contribution in [3.63, 3.8) is 0 Å². The average Bonchev–Trinajstić information content (AvgIpc) is 3.02. The van der Waals surface area contributed by atoms with Gasteiger partial charge in [0.05, 0.1) is 27.1 Å². The summed E-state index contributed by atoms with van der Waals surface area (Å²) in [6.07, 6.45) is -5.99. The van der Waals surface area contributed by atoms with Gasteiger partial charge in [0.25, 0.3) is 0 Å². The molecule has 1 aromatic carbocycles. The summed E-state index contributed by atoms with van der Waals surface area (Å²) in [5.74, 6) is -0.653. The number of nitrogens with zero attached hydrogens (tertiary/aromatic N) is 4. The molecule has 0 saturated carbocycles. The number of rotatable bonds is 6. The zero-order valence-electron chi connectivity index (χ0n) is 16.5. The molecule has 0 aliphatic rings. The topological polar surface area (TPSA) is 80.4 Å². The second-order valence-electron chi connectivity index (χ2n) is 6.03. The molecule has 0 atom stereocenters. The Hall–Kier alpha value is -2.34. The Balaban J connectivity index is 2.76. The molecule has 0 aliphatic heterocycles. The lowest BCUT2D eigenvalue weighted by molar-refractivity contribution is -0.137. The number of thioether (sulfide) groups is 1. The van der Waals surface area contributed by atoms with Gasteiger partial charge in [0.1, 0.15) is 18.4 Å². The first kappa shape index (κ1) is 26.9. The smallest absolute Gasteiger partial charge is 0.446 e. The van der Waals surface area contributed by atoms with E-state index >= 15 is 0 Å². The molecule has 16 heteroatoms. The van der Waals surface area contributed by atoms with Crippen LogP contribution in [0, 0.1) is 11.3 Å². The van der Waals surface area contributed by atoms with E-state index in [-0.39, 0.29) is 13.2 Å². The van der Waals surface area contributed by atoms with E-state index in [0.29, 0.717) is 21.7 Å². The number of hydrogen-bond donors (Lipinski definition) is 0. The molecular formula is C17H12Cl2F6N4O3S. The third-order valence-electron chi connectivity index (χ3n) is 3.80. The zero-order chi connectivity index (χ0) is 25.1. The molecule has 1 aromatic heterocycles. The first-order chi connectivity index (χ1) is 15.2. The van der Waals surface area contributed by atoms with Crippen LogP contribution in [0.3, 0.4) is 0 Å². The summed E-state index contributed by atoms with van der Waals surface area (Å²) >= 11 is 11.2. The molecule has 0 N–H and O–H groups in total. The van der Waals surface area contributed by atoms with Gasteiger partial charge in [-0.3, -0.25) is 4.90 Å². The molecule has 0 unspecified atom stereocenters. The maximum Gasteiger partial charge on any atom is 0.446 e. The monoisotopic (exact) mass is 536 g/mol. The number of amides is 1. The highest BCUT2D eigenvalue weighted by Gasteiger charge is 2.38. The summed E-state index contributed by atoms with van der Waals surface area (Å²) in [7, 11) is 2.33. The van der Waals surface area contributed by atoms with E-state index < -0.39 is 67.2 Å². The Morgan fingerprint density at radius 3 is 2.24 bits per heavy atom. The fourth-order valence-electron chi connectivity index (χ4n) is 2.46. The van der Waals surface area contributed by atoms with Crippen LogP contribution in [0.2, 0.25) is 10.0 Å². The summed E-state index contributed by atoms with van der Waals surface area (Å²) in [6, 6.07) is 2.41. The number of carbonyl (C=O) groups excluding carboxylic acids is 1. The molecule has 0 aliphatic carbocycles. The Kier molecular flexibility index (Phi) is 8.39. The quantitative estimate of drug-likeness (QED) is 0.260. The third-order valence-corrected chi connectivity index (χ3v) is 5.19. The van der Waals surface area contributed by atoms with Crippen molar-refractivity contribution in [2.24, 2.45) is 0 Å². The summed E-state index contributed by atoms with van der Waals surface area (Å²) in [5, 5.41) is 11.7. The van der Waals surface area contributed by atoms with E-state index in [1.54, 1.807) is 0 Å². The van der Waals surface area contributed by atoms with Gasteiger partial charge in [-0.05, 0) is 23.9 Å². The van der Waals surface area contributed by atoms with Gasteiger partial charge in [0.2, 0.25) is 0 Å². The van der Waals surface area contributed by atoms with Crippen LogP contribution in [-0.2, 0) is 15.7 Å². The van der Waals surface area contributed by atoms with Crippen LogP contribution in [0.1, 0.15) is 11.3 Å². The molecule has 0 bridgehead atoms. The van der Waals surface area contributed by atoms with Crippen molar-refractivity contribution in [1.82, 2.24) is 9.78 Å². The Labute approximate surface area is 196 Å². The van der Waals surface area contributed by atoms with Crippen LogP contribution >= 0.6 is 35.0 Å². The van der Waals surface area contributed by atoms with Gasteiger partial charge < -0.3 is 9.47 Å². The molecular weight excluding hydrogens is 525 g/mol. The van der Waals surface area contributed by atoms with Gasteiger partial charge in [-0.2, -0.15) is 36.7 Å². The molecule has 33 heavy (non-hydrogen) atoms. The van der Waals surface area contributed by atoms with Crippen LogP contribution in [-0.4, -0.2) is 48.8 Å². The number of ether oxygens (including phenoxy) is 2. The second-order valence-corrected chi connectivity index (χ2v) is 7.91. The van der Waals surface area contributed by atoms with Crippen molar-refractivity contribution in [1.29, 1.82) is 5.26 Å². The molecule has 0 fully saturated rings. The van der Waals surface area contributed by atoms with Crippen LogP contribution in [0.25, 0.3) is 5.69 Å². The molecule has 7 nitrogen and oxygen atoms in total. The summed E-state index contributed by atoms with van der Waals surface area (Å²) in [6.45, 7) is -0.286. The van der Waals surface area contributed by atoms with E-state index in [9.17, 15) is 36.4 Å². The molecule has 2 rings (SSSR count). The maximum absolute atomic E-state index is 13.2. The van der Waals surface area contributed by atoms with E-state index in [2.05, 4.69) is 5.10 Å². The van der Waals surface area contributed by atoms with E-state index in [1.807, 2.05) is 0 Å². The number of methoxy groups -OCH3 is 1. The normalized spacial score (nSPS) is 11.9. The predicted molar refractivity (Wildman–Crippen MR) is 107 cm³/mol. The third kappa shape index (κ3) is 6.38. The highest BCUT2D eigenvalue weighted by Crippen LogP contribution is 2.46. The van der Waals surface area contributed by atoms with Crippen molar-refractivity contribution < 1.29 is 40.6 Å². The minimum Gasteiger partial charge on any atom is -0.447 e. The summed E-state index contributed by atoms with van der Waals surface area (Å²) in [5.41, 5.74) is -7.41. The molecule has 2 aromatic rings. The highest BCUT2D eigenvalue weighted by molar-refractivity contribution is 8.00. The van der Waals surface area contributed by atoms with Gasteiger partial charge in [0.15, 0.2) is 11.5 Å². The van der Waals surface area contributed by atoms with Gasteiger partial charge in [0, 0.05) is 14.2 Å². The van der Waals surface area contributed by atoms with E-state index in [4.69, 9.17) is 32.7 Å². The van der Waals surface area contributed by atoms with Crippen molar-refractivity contribution in [3.8, 4) is 11.8 Å². The number of nitriles is 1. The van der Waals surface area contributed by atoms with E-state index in [1.165, 1.54) is 13.2 Å². The van der Waals surface area contributed by atoms with Crippen molar-refractivity contribution in [2.75, 3.05) is 32.3 Å². The van der Waals surface area contributed by atoms with Crippen molar-refractivity contribution >= 4 is 46.9 Å². The Bertz CT molecular complexity index is 1060. The molecule has 0 saturated heterocycles. The number of carbonyl (C=O) groups is 1. The van der Waals surface area contributed by atoms with Gasteiger partial charge in [-0.25, -0.2) is 9.48 Å². The highest BCUT2D eigenvalue weighted by atomic mass is 35.5. The standard InChI is InChI=1S/C17H12Cl2F6N4O3S/c1-28(15(30)32-4-3-31-2)14-13(33-17(23,24)25)11(7-26)27-29(14)12-9(18)5-8(6-10(12)19)16(20,21)22/h5-6H,3-4H2,1-2H3. The fourth-order valence-corrected chi connectivity index (χ4v) is 3.83. The lowest BCUT2D eigenvalue weighted by atomic mass is 10.2. The lowest BCUT2D eigenvalue weighted by Gasteiger charge is -2.21. The van der Waals surface area contributed by atoms with Crippen molar-refractivity contribution in [3.05, 3.63) is 33.4 Å². The summed E-state index contributed by atoms with van der Waals surface area (Å²) in [4.78, 5) is 12.2.